The lowest BCUT2D eigenvalue weighted by Crippen LogP contribution is -2.14. The monoisotopic (exact) mass is 1270 g/mol. The van der Waals surface area contributed by atoms with Gasteiger partial charge in [-0.15, -0.1) is 0 Å². The lowest BCUT2D eigenvalue weighted by molar-refractivity contribution is 0.660. The minimum Gasteiger partial charge on any atom is -0.0622 e. The average Bonchev–Trinajstić information content (AvgIpc) is 1.27. The van der Waals surface area contributed by atoms with E-state index >= 15 is 0 Å². The summed E-state index contributed by atoms with van der Waals surface area (Å²) in [6.07, 6.45) is 0. The zero-order valence-electron chi connectivity index (χ0n) is 56.6. The highest BCUT2D eigenvalue weighted by atomic mass is 14.4. The second-order valence-electron chi connectivity index (χ2n) is 28.0. The molecule has 2 aliphatic rings. The molecule has 0 spiro atoms. The molecule has 0 heterocycles. The van der Waals surface area contributed by atoms with Crippen LogP contribution in [0.2, 0.25) is 0 Å². The molecule has 18 aromatic carbocycles. The molecule has 0 atom stereocenters. The van der Waals surface area contributed by atoms with E-state index in [2.05, 4.69) is 392 Å². The highest BCUT2D eigenvalue weighted by Gasteiger charge is 2.37. The van der Waals surface area contributed by atoms with Crippen LogP contribution in [0.5, 0.6) is 0 Å². The van der Waals surface area contributed by atoms with E-state index in [4.69, 9.17) is 0 Å². The molecule has 0 nitrogen and oxygen atoms in total. The second-order valence-corrected chi connectivity index (χ2v) is 28.0. The molecule has 0 fully saturated rings. The van der Waals surface area contributed by atoms with Crippen LogP contribution >= 0.6 is 0 Å². The van der Waals surface area contributed by atoms with Crippen molar-refractivity contribution in [3.63, 3.8) is 0 Å². The second kappa shape index (κ2) is 24.4. The highest BCUT2D eigenvalue weighted by Crippen LogP contribution is 2.54. The van der Waals surface area contributed by atoms with Gasteiger partial charge in [0.25, 0.3) is 0 Å². The maximum Gasteiger partial charge on any atom is 0.0159 e. The molecular formula is C100H72. The third-order valence-corrected chi connectivity index (χ3v) is 21.8. The third kappa shape index (κ3) is 9.80. The lowest BCUT2D eigenvalue weighted by Gasteiger charge is -2.23. The van der Waals surface area contributed by atoms with Gasteiger partial charge in [0.2, 0.25) is 0 Å². The van der Waals surface area contributed by atoms with E-state index in [1.165, 1.54) is 187 Å². The summed E-state index contributed by atoms with van der Waals surface area (Å²) < 4.78 is 0. The van der Waals surface area contributed by atoms with Crippen molar-refractivity contribution >= 4 is 75.4 Å². The van der Waals surface area contributed by atoms with E-state index in [0.29, 0.717) is 0 Å². The van der Waals surface area contributed by atoms with Gasteiger partial charge in [0.1, 0.15) is 0 Å². The summed E-state index contributed by atoms with van der Waals surface area (Å²) in [7, 11) is 0. The molecule has 0 unspecified atom stereocenters. The van der Waals surface area contributed by atoms with E-state index in [1.54, 1.807) is 0 Å². The van der Waals surface area contributed by atoms with Crippen molar-refractivity contribution in [2.75, 3.05) is 0 Å². The van der Waals surface area contributed by atoms with Crippen LogP contribution in [0.3, 0.4) is 0 Å². The molecule has 0 radical (unpaired) electrons. The Morgan fingerprint density at radius 1 is 0.150 bits per heavy atom. The first-order valence-corrected chi connectivity index (χ1v) is 35.1. The van der Waals surface area contributed by atoms with Crippen molar-refractivity contribution in [3.8, 4) is 89.0 Å². The molecule has 0 heteroatoms. The van der Waals surface area contributed by atoms with Crippen molar-refractivity contribution < 1.29 is 0 Å². The van der Waals surface area contributed by atoms with Gasteiger partial charge in [-0.3, -0.25) is 0 Å². The van der Waals surface area contributed by atoms with E-state index in [1.807, 2.05) is 0 Å². The summed E-state index contributed by atoms with van der Waals surface area (Å²) in [5, 5.41) is 18.2. The smallest absolute Gasteiger partial charge is 0.0159 e. The van der Waals surface area contributed by atoms with Crippen LogP contribution in [0.15, 0.2) is 364 Å². The first kappa shape index (κ1) is 60.2. The van der Waals surface area contributed by atoms with Crippen molar-refractivity contribution in [3.05, 3.63) is 386 Å². The Labute approximate surface area is 585 Å². The van der Waals surface area contributed by atoms with Crippen molar-refractivity contribution in [1.29, 1.82) is 0 Å². The minimum atomic E-state index is -0.0313. The number of benzene rings is 18. The van der Waals surface area contributed by atoms with Gasteiger partial charge in [-0.05, 0) is 199 Å². The SMILES string of the molecule is CC1(C)c2ccccc2-c2ccc(-c3c4ccccc4c(-c4cccc5ccccc45)c4ccccc34)cc21.CC1(C)c2ccccc2-c2ccc(-c3c4ccccc4c(-c4ccccc4)c4ccccc34)cc21.c1ccc(-c2c3ccccc3c(-c3ccccc3)c3ccccc23)cc1. The maximum absolute atomic E-state index is 2.46. The standard InChI is InChI=1S/C39H28.C35H26.C26H18/c1-39(2)35-21-10-9-15-28(35)29-23-22-26(24-36(29)39)37-31-16-5-7-18-33(31)38(34-19-8-6-17-32(34)37)30-20-11-13-25-12-3-4-14-27(25)30;1-35(2)31-19-11-10-14-25(31)26-21-20-24(22-32(26)35)34-29-17-8-6-15-27(29)33(23-12-4-3-5-13-23)28-16-7-9-18-30(28)34;1-3-11-19(12-4-1)25-21-15-7-9-17-23(21)26(20-13-5-2-6-14-20)24-18-10-8-16-22(24)25/h3-24H,1-2H3;3-22H,1-2H3;1-18H. The first-order chi connectivity index (χ1) is 49.2. The summed E-state index contributed by atoms with van der Waals surface area (Å²) in [6.45, 7) is 9.44. The Morgan fingerprint density at radius 3 is 0.710 bits per heavy atom. The van der Waals surface area contributed by atoms with Crippen molar-refractivity contribution in [2.24, 2.45) is 0 Å². The topological polar surface area (TPSA) is 0 Å². The van der Waals surface area contributed by atoms with Gasteiger partial charge in [0.15, 0.2) is 0 Å². The zero-order valence-corrected chi connectivity index (χ0v) is 56.6. The van der Waals surface area contributed by atoms with Gasteiger partial charge in [-0.2, -0.15) is 0 Å². The predicted molar refractivity (Wildman–Crippen MR) is 430 cm³/mol. The summed E-state index contributed by atoms with van der Waals surface area (Å²) in [5.41, 5.74) is 26.6. The Morgan fingerprint density at radius 2 is 0.380 bits per heavy atom. The van der Waals surface area contributed by atoms with Gasteiger partial charge in [-0.1, -0.05) is 380 Å². The molecule has 100 heavy (non-hydrogen) atoms. The van der Waals surface area contributed by atoms with Crippen molar-refractivity contribution in [2.45, 2.75) is 38.5 Å². The summed E-state index contributed by atoms with van der Waals surface area (Å²) >= 11 is 0. The van der Waals surface area contributed by atoms with Crippen LogP contribution in [0.25, 0.3) is 164 Å². The van der Waals surface area contributed by atoms with Gasteiger partial charge < -0.3 is 0 Å². The summed E-state index contributed by atoms with van der Waals surface area (Å²) in [5.74, 6) is 0. The fraction of sp³-hybridized carbons (Fsp3) is 0.0600. The molecule has 2 aliphatic carbocycles. The van der Waals surface area contributed by atoms with Crippen LogP contribution in [0, 0.1) is 0 Å². The Hall–Kier alpha value is -12.2. The van der Waals surface area contributed by atoms with E-state index in [0.717, 1.165) is 0 Å². The number of hydrogen-bond acceptors (Lipinski definition) is 0. The lowest BCUT2D eigenvalue weighted by atomic mass is 9.80. The molecule has 18 aromatic rings. The molecule has 0 aromatic heterocycles. The number of rotatable bonds is 6. The average molecular weight is 1270 g/mol. The molecule has 0 saturated carbocycles. The third-order valence-electron chi connectivity index (χ3n) is 21.8. The molecule has 0 bridgehead atoms. The molecule has 0 aliphatic heterocycles. The number of fused-ring (bicyclic) bond motifs is 13. The Balaban J connectivity index is 0.000000110. The molecule has 0 amide bonds. The van der Waals surface area contributed by atoms with E-state index in [9.17, 15) is 0 Å². The van der Waals surface area contributed by atoms with Gasteiger partial charge in [0.05, 0.1) is 0 Å². The van der Waals surface area contributed by atoms with Crippen LogP contribution < -0.4 is 0 Å². The highest BCUT2D eigenvalue weighted by molar-refractivity contribution is 6.25. The van der Waals surface area contributed by atoms with Gasteiger partial charge in [0, 0.05) is 10.8 Å². The Kier molecular flexibility index (Phi) is 14.7. The Bertz CT molecular complexity index is 5970. The van der Waals surface area contributed by atoms with E-state index < -0.39 is 0 Å². The molecule has 0 N–H and O–H groups in total. The number of hydrogen-bond donors (Lipinski definition) is 0. The molecule has 472 valence electrons. The largest absolute Gasteiger partial charge is 0.0622 e. The molecule has 0 saturated heterocycles. The van der Waals surface area contributed by atoms with Crippen LogP contribution in [0.4, 0.5) is 0 Å². The predicted octanol–water partition coefficient (Wildman–Crippen LogP) is 27.7. The van der Waals surface area contributed by atoms with Crippen LogP contribution in [-0.2, 0) is 10.8 Å². The van der Waals surface area contributed by atoms with Crippen LogP contribution in [0.1, 0.15) is 49.9 Å². The normalized spacial score (nSPS) is 13.0. The fourth-order valence-corrected chi connectivity index (χ4v) is 17.2. The van der Waals surface area contributed by atoms with Crippen molar-refractivity contribution in [1.82, 2.24) is 0 Å². The summed E-state index contributed by atoms with van der Waals surface area (Å²) in [4.78, 5) is 0. The van der Waals surface area contributed by atoms with Crippen LogP contribution in [-0.4, -0.2) is 0 Å². The summed E-state index contributed by atoms with van der Waals surface area (Å²) in [6, 6.07) is 133. The minimum absolute atomic E-state index is 0.0163. The maximum atomic E-state index is 2.46. The molecular weight excluding hydrogens is 1200 g/mol. The molecule has 20 rings (SSSR count). The van der Waals surface area contributed by atoms with E-state index in [-0.39, 0.29) is 10.8 Å². The quantitative estimate of drug-likeness (QED) is 0.146. The van der Waals surface area contributed by atoms with Gasteiger partial charge >= 0.3 is 0 Å². The fourth-order valence-electron chi connectivity index (χ4n) is 17.2. The van der Waals surface area contributed by atoms with Gasteiger partial charge in [-0.25, -0.2) is 0 Å². The first-order valence-electron chi connectivity index (χ1n) is 35.1. The zero-order chi connectivity index (χ0) is 67.1.